The number of fused-ring (bicyclic) bond motifs is 3. The van der Waals surface area contributed by atoms with Crippen molar-refractivity contribution in [2.45, 2.75) is 0 Å². The van der Waals surface area contributed by atoms with E-state index in [0.717, 1.165) is 43.6 Å². The lowest BCUT2D eigenvalue weighted by atomic mass is 9.84. The van der Waals surface area contributed by atoms with Gasteiger partial charge in [0.15, 0.2) is 5.82 Å². The number of nitrogens with zero attached hydrogens (tertiary/aromatic N) is 2. The van der Waals surface area contributed by atoms with E-state index in [1.54, 1.807) is 12.1 Å². The van der Waals surface area contributed by atoms with Crippen molar-refractivity contribution in [2.24, 2.45) is 0 Å². The van der Waals surface area contributed by atoms with Crippen LogP contribution in [-0.2, 0) is 0 Å². The first-order valence-electron chi connectivity index (χ1n) is 11.3. The third-order valence-electron chi connectivity index (χ3n) is 6.59. The molecule has 0 aliphatic carbocycles. The molecule has 0 saturated heterocycles. The minimum absolute atomic E-state index is 0.134. The normalized spacial score (nSPS) is 10.9. The quantitative estimate of drug-likeness (QED) is 0.250. The summed E-state index contributed by atoms with van der Waals surface area (Å²) in [6.45, 7) is 0. The van der Waals surface area contributed by atoms with Crippen LogP contribution < -0.4 is 0 Å². The second-order valence-electron chi connectivity index (χ2n) is 8.48. The Morgan fingerprint density at radius 1 is 0.514 bits per heavy atom. The highest BCUT2D eigenvalue weighted by Gasteiger charge is 2.19. The van der Waals surface area contributed by atoms with E-state index in [9.17, 15) is 14.9 Å². The summed E-state index contributed by atoms with van der Waals surface area (Å²) in [5.74, 6) is -0.778. The molecule has 0 saturated carbocycles. The summed E-state index contributed by atoms with van der Waals surface area (Å²) in [5, 5.41) is 25.5. The van der Waals surface area contributed by atoms with Gasteiger partial charge in [-0.2, -0.15) is 10.5 Å². The van der Waals surface area contributed by atoms with Crippen LogP contribution in [0, 0.1) is 28.5 Å². The number of rotatable bonds is 2. The van der Waals surface area contributed by atoms with Gasteiger partial charge in [0.2, 0.25) is 0 Å². The lowest BCUT2D eigenvalue weighted by Gasteiger charge is -2.19. The van der Waals surface area contributed by atoms with Gasteiger partial charge in [-0.05, 0) is 66.7 Å². The Morgan fingerprint density at radius 3 is 1.51 bits per heavy atom. The van der Waals surface area contributed by atoms with E-state index in [0.29, 0.717) is 5.56 Å². The van der Waals surface area contributed by atoms with E-state index in [2.05, 4.69) is 48.5 Å². The van der Waals surface area contributed by atoms with Crippen LogP contribution >= 0.6 is 0 Å². The molecule has 0 bridgehead atoms. The first-order valence-corrected chi connectivity index (χ1v) is 11.3. The molecular weight excluding hydrogens is 431 g/mol. The fraction of sp³-hybridized carbons (Fsp3) is 0. The highest BCUT2D eigenvalue weighted by molar-refractivity contribution is 6.23. The fourth-order valence-electron chi connectivity index (χ4n) is 5.10. The van der Waals surface area contributed by atoms with E-state index >= 15 is 0 Å². The second kappa shape index (κ2) is 8.10. The molecule has 0 N–H and O–H groups in total. The van der Waals surface area contributed by atoms with Gasteiger partial charge in [-0.25, -0.2) is 4.39 Å². The number of hydrogen-bond acceptors (Lipinski definition) is 2. The SMILES string of the molecule is N#Cc1cc(-c2c3ccccc3c(-c3cccc4ccccc34)c3ccccc23)cc(C#N)c1F. The molecule has 0 aliphatic rings. The Kier molecular flexibility index (Phi) is 4.77. The number of halogens is 1. The van der Waals surface area contributed by atoms with E-state index in [1.807, 2.05) is 54.6 Å². The van der Waals surface area contributed by atoms with E-state index in [-0.39, 0.29) is 11.1 Å². The molecule has 0 fully saturated rings. The Labute approximate surface area is 201 Å². The van der Waals surface area contributed by atoms with Gasteiger partial charge in [0, 0.05) is 0 Å². The first kappa shape index (κ1) is 20.6. The molecule has 35 heavy (non-hydrogen) atoms. The van der Waals surface area contributed by atoms with Crippen molar-refractivity contribution in [2.75, 3.05) is 0 Å². The maximum absolute atomic E-state index is 14.6. The number of nitriles is 2. The summed E-state index contributed by atoms with van der Waals surface area (Å²) in [4.78, 5) is 0. The third-order valence-corrected chi connectivity index (χ3v) is 6.59. The van der Waals surface area contributed by atoms with Crippen LogP contribution in [0.15, 0.2) is 103 Å². The Morgan fingerprint density at radius 2 is 0.971 bits per heavy atom. The molecule has 0 amide bonds. The summed E-state index contributed by atoms with van der Waals surface area (Å²) in [6.07, 6.45) is 0. The maximum Gasteiger partial charge on any atom is 0.158 e. The van der Waals surface area contributed by atoms with Gasteiger partial charge in [0.25, 0.3) is 0 Å². The molecule has 0 unspecified atom stereocenters. The van der Waals surface area contributed by atoms with Gasteiger partial charge in [-0.15, -0.1) is 0 Å². The van der Waals surface area contributed by atoms with Crippen LogP contribution in [0.3, 0.4) is 0 Å². The van der Waals surface area contributed by atoms with Crippen molar-refractivity contribution in [3.8, 4) is 34.4 Å². The van der Waals surface area contributed by atoms with Crippen LogP contribution in [0.1, 0.15) is 11.1 Å². The van der Waals surface area contributed by atoms with Gasteiger partial charge >= 0.3 is 0 Å². The van der Waals surface area contributed by atoms with Gasteiger partial charge in [0.1, 0.15) is 12.1 Å². The monoisotopic (exact) mass is 448 g/mol. The van der Waals surface area contributed by atoms with E-state index in [1.165, 1.54) is 5.39 Å². The molecule has 0 atom stereocenters. The van der Waals surface area contributed by atoms with Crippen molar-refractivity contribution in [3.05, 3.63) is 120 Å². The van der Waals surface area contributed by atoms with E-state index in [4.69, 9.17) is 0 Å². The van der Waals surface area contributed by atoms with E-state index < -0.39 is 5.82 Å². The lowest BCUT2D eigenvalue weighted by molar-refractivity contribution is 0.620. The summed E-state index contributed by atoms with van der Waals surface area (Å²) in [7, 11) is 0. The van der Waals surface area contributed by atoms with Crippen molar-refractivity contribution in [1.29, 1.82) is 10.5 Å². The zero-order chi connectivity index (χ0) is 23.9. The molecule has 6 aromatic carbocycles. The largest absolute Gasteiger partial charge is 0.204 e. The van der Waals surface area contributed by atoms with Crippen molar-refractivity contribution in [1.82, 2.24) is 0 Å². The molecule has 162 valence electrons. The molecule has 6 aromatic rings. The fourth-order valence-corrected chi connectivity index (χ4v) is 5.10. The molecule has 0 radical (unpaired) electrons. The average Bonchev–Trinajstić information content (AvgIpc) is 2.91. The summed E-state index contributed by atoms with van der Waals surface area (Å²) >= 11 is 0. The van der Waals surface area contributed by atoms with Crippen LogP contribution in [0.2, 0.25) is 0 Å². The average molecular weight is 449 g/mol. The molecule has 0 spiro atoms. The Hall–Kier alpha value is -4.99. The van der Waals surface area contributed by atoms with Crippen LogP contribution in [-0.4, -0.2) is 0 Å². The topological polar surface area (TPSA) is 47.6 Å². The van der Waals surface area contributed by atoms with Crippen LogP contribution in [0.4, 0.5) is 4.39 Å². The van der Waals surface area contributed by atoms with Crippen molar-refractivity contribution in [3.63, 3.8) is 0 Å². The minimum Gasteiger partial charge on any atom is -0.204 e. The summed E-state index contributed by atoms with van der Waals surface area (Å²) in [5.41, 5.74) is 3.52. The number of benzene rings is 6. The van der Waals surface area contributed by atoms with Gasteiger partial charge < -0.3 is 0 Å². The van der Waals surface area contributed by atoms with Gasteiger partial charge in [-0.1, -0.05) is 91.0 Å². The Balaban J connectivity index is 1.82. The second-order valence-corrected chi connectivity index (χ2v) is 8.48. The minimum atomic E-state index is -0.778. The van der Waals surface area contributed by atoms with Crippen molar-refractivity contribution < 1.29 is 4.39 Å². The van der Waals surface area contributed by atoms with Gasteiger partial charge in [-0.3, -0.25) is 0 Å². The molecule has 6 rings (SSSR count). The Bertz CT molecular complexity index is 1790. The third kappa shape index (κ3) is 3.15. The highest BCUT2D eigenvalue weighted by atomic mass is 19.1. The molecular formula is C32H17FN2. The van der Waals surface area contributed by atoms with Gasteiger partial charge in [0.05, 0.1) is 11.1 Å². The zero-order valence-electron chi connectivity index (χ0n) is 18.6. The first-order chi connectivity index (χ1) is 17.2. The smallest absolute Gasteiger partial charge is 0.158 e. The van der Waals surface area contributed by atoms with Crippen LogP contribution in [0.5, 0.6) is 0 Å². The predicted octanol–water partition coefficient (Wildman–Crippen LogP) is 8.36. The molecule has 3 heteroatoms. The highest BCUT2D eigenvalue weighted by Crippen LogP contribution is 2.45. The maximum atomic E-state index is 14.6. The summed E-state index contributed by atoms with van der Waals surface area (Å²) < 4.78 is 14.6. The summed E-state index contributed by atoms with van der Waals surface area (Å²) in [6, 6.07) is 37.9. The van der Waals surface area contributed by atoms with Crippen LogP contribution in [0.25, 0.3) is 54.6 Å². The lowest BCUT2D eigenvalue weighted by Crippen LogP contribution is -1.95. The van der Waals surface area contributed by atoms with Crippen molar-refractivity contribution >= 4 is 32.3 Å². The zero-order valence-corrected chi connectivity index (χ0v) is 18.6. The molecule has 0 aliphatic heterocycles. The molecule has 2 nitrogen and oxygen atoms in total. The predicted molar refractivity (Wildman–Crippen MR) is 139 cm³/mol. The number of hydrogen-bond donors (Lipinski definition) is 0. The molecule has 0 aromatic heterocycles. The standard InChI is InChI=1S/C32H17FN2/c33-32-22(18-34)16-21(17-23(32)19-35)30-26-11-3-5-13-28(26)31(29-14-6-4-12-27(29)30)25-15-7-9-20-8-1-2-10-24(20)25/h1-17H. The molecule has 0 heterocycles.